The fourth-order valence-electron chi connectivity index (χ4n) is 2.15. The van der Waals surface area contributed by atoms with E-state index in [1.165, 1.54) is 5.56 Å². The minimum atomic E-state index is -0.847. The van der Waals surface area contributed by atoms with Gasteiger partial charge in [0, 0.05) is 10.9 Å². The fraction of sp³-hybridized carbons (Fsp3) is 0.455. The number of hydrogen-bond donors (Lipinski definition) is 1. The van der Waals surface area contributed by atoms with Crippen molar-refractivity contribution in [2.45, 2.75) is 30.0 Å². The first-order chi connectivity index (χ1) is 6.66. The van der Waals surface area contributed by atoms with Crippen molar-refractivity contribution in [2.75, 3.05) is 7.05 Å². The predicted molar refractivity (Wildman–Crippen MR) is 58.9 cm³/mol. The van der Waals surface area contributed by atoms with Crippen LogP contribution in [0.15, 0.2) is 23.1 Å². The van der Waals surface area contributed by atoms with Gasteiger partial charge in [-0.05, 0) is 32.0 Å². The van der Waals surface area contributed by atoms with E-state index in [9.17, 15) is 4.21 Å². The topological polar surface area (TPSA) is 29.1 Å². The number of rotatable bonds is 1. The molecular weight excluding hydrogens is 194 g/mol. The highest BCUT2D eigenvalue weighted by atomic mass is 32.2. The summed E-state index contributed by atoms with van der Waals surface area (Å²) in [4.78, 5) is 1.04. The summed E-state index contributed by atoms with van der Waals surface area (Å²) in [7, 11) is 1.08. The second kappa shape index (κ2) is 3.48. The standard InChI is InChI=1S/C11H15NOS/c1-7-5-4-6-9-10(12-3)8(2)14(13)11(7)9/h4-6,8,10,12H,1-3H3. The number of hydrogen-bond acceptors (Lipinski definition) is 2. The zero-order valence-corrected chi connectivity index (χ0v) is 9.52. The molecule has 1 aromatic rings. The third-order valence-electron chi connectivity index (χ3n) is 2.90. The molecule has 0 bridgehead atoms. The maximum Gasteiger partial charge on any atom is 0.0583 e. The summed E-state index contributed by atoms with van der Waals surface area (Å²) in [6, 6.07) is 6.38. The Morgan fingerprint density at radius 1 is 1.43 bits per heavy atom. The lowest BCUT2D eigenvalue weighted by molar-refractivity contribution is 0.585. The SMILES string of the molecule is CNC1c2cccc(C)c2S(=O)C1C. The Bertz CT molecular complexity index is 389. The lowest BCUT2D eigenvalue weighted by atomic mass is 10.0. The monoisotopic (exact) mass is 209 g/mol. The molecule has 0 saturated heterocycles. The molecule has 1 N–H and O–H groups in total. The maximum absolute atomic E-state index is 12.1. The molecule has 1 aliphatic heterocycles. The van der Waals surface area contributed by atoms with Gasteiger partial charge in [0.1, 0.15) is 0 Å². The summed E-state index contributed by atoms with van der Waals surface area (Å²) < 4.78 is 12.1. The molecule has 2 nitrogen and oxygen atoms in total. The molecule has 0 radical (unpaired) electrons. The third kappa shape index (κ3) is 1.23. The van der Waals surface area contributed by atoms with Crippen LogP contribution in [0.4, 0.5) is 0 Å². The van der Waals surface area contributed by atoms with E-state index < -0.39 is 10.8 Å². The molecular formula is C11H15NOS. The van der Waals surface area contributed by atoms with Crippen molar-refractivity contribution in [3.63, 3.8) is 0 Å². The Morgan fingerprint density at radius 3 is 2.79 bits per heavy atom. The van der Waals surface area contributed by atoms with E-state index in [0.717, 1.165) is 10.5 Å². The van der Waals surface area contributed by atoms with Gasteiger partial charge in [0.15, 0.2) is 0 Å². The van der Waals surface area contributed by atoms with E-state index >= 15 is 0 Å². The van der Waals surface area contributed by atoms with Crippen LogP contribution in [-0.2, 0) is 10.8 Å². The van der Waals surface area contributed by atoms with Gasteiger partial charge in [0.25, 0.3) is 0 Å². The van der Waals surface area contributed by atoms with Gasteiger partial charge in [-0.1, -0.05) is 18.2 Å². The van der Waals surface area contributed by atoms with Crippen molar-refractivity contribution < 1.29 is 4.21 Å². The molecule has 1 heterocycles. The zero-order chi connectivity index (χ0) is 10.3. The van der Waals surface area contributed by atoms with E-state index in [0.29, 0.717) is 0 Å². The quantitative estimate of drug-likeness (QED) is 0.763. The Labute approximate surface area is 87.2 Å². The van der Waals surface area contributed by atoms with Crippen LogP contribution in [0.2, 0.25) is 0 Å². The molecule has 0 aliphatic carbocycles. The fourth-order valence-corrected chi connectivity index (χ4v) is 3.86. The van der Waals surface area contributed by atoms with Gasteiger partial charge in [0.2, 0.25) is 0 Å². The summed E-state index contributed by atoms with van der Waals surface area (Å²) in [5.74, 6) is 0. The largest absolute Gasteiger partial charge is 0.312 e. The van der Waals surface area contributed by atoms with Crippen molar-refractivity contribution >= 4 is 10.8 Å². The molecule has 0 fully saturated rings. The first-order valence-electron chi connectivity index (χ1n) is 4.84. The van der Waals surface area contributed by atoms with Crippen LogP contribution < -0.4 is 5.32 Å². The Hall–Kier alpha value is -0.670. The van der Waals surface area contributed by atoms with Gasteiger partial charge in [-0.2, -0.15) is 0 Å². The molecule has 3 unspecified atom stereocenters. The average molecular weight is 209 g/mol. The molecule has 3 atom stereocenters. The highest BCUT2D eigenvalue weighted by Crippen LogP contribution is 2.37. The summed E-state index contributed by atoms with van der Waals surface area (Å²) in [5, 5.41) is 3.41. The van der Waals surface area contributed by atoms with Gasteiger partial charge in [-0.25, -0.2) is 0 Å². The van der Waals surface area contributed by atoms with Crippen LogP contribution in [0.25, 0.3) is 0 Å². The zero-order valence-electron chi connectivity index (χ0n) is 8.70. The minimum Gasteiger partial charge on any atom is -0.312 e. The molecule has 0 amide bonds. The molecule has 1 aromatic carbocycles. The summed E-state index contributed by atoms with van der Waals surface area (Å²) >= 11 is 0. The lowest BCUT2D eigenvalue weighted by Gasteiger charge is -2.13. The molecule has 76 valence electrons. The van der Waals surface area contributed by atoms with E-state index in [1.807, 2.05) is 33.0 Å². The van der Waals surface area contributed by atoms with E-state index in [-0.39, 0.29) is 11.3 Å². The minimum absolute atomic E-state index is 0.177. The first-order valence-corrected chi connectivity index (χ1v) is 6.05. The van der Waals surface area contributed by atoms with Crippen molar-refractivity contribution in [3.05, 3.63) is 29.3 Å². The highest BCUT2D eigenvalue weighted by Gasteiger charge is 2.35. The maximum atomic E-state index is 12.1. The van der Waals surface area contributed by atoms with Crippen LogP contribution in [0.5, 0.6) is 0 Å². The van der Waals surface area contributed by atoms with E-state index in [1.54, 1.807) is 0 Å². The average Bonchev–Trinajstić information content (AvgIpc) is 2.41. The lowest BCUT2D eigenvalue weighted by Crippen LogP contribution is -2.24. The molecule has 0 aromatic heterocycles. The van der Waals surface area contributed by atoms with Crippen LogP contribution in [0.1, 0.15) is 24.1 Å². The Kier molecular flexibility index (Phi) is 2.45. The molecule has 3 heteroatoms. The molecule has 14 heavy (non-hydrogen) atoms. The highest BCUT2D eigenvalue weighted by molar-refractivity contribution is 7.86. The van der Waals surface area contributed by atoms with E-state index in [4.69, 9.17) is 0 Å². The van der Waals surface area contributed by atoms with E-state index in [2.05, 4.69) is 11.4 Å². The molecule has 1 aliphatic rings. The smallest absolute Gasteiger partial charge is 0.0583 e. The van der Waals surface area contributed by atoms with Gasteiger partial charge in [-0.15, -0.1) is 0 Å². The van der Waals surface area contributed by atoms with Gasteiger partial charge >= 0.3 is 0 Å². The summed E-state index contributed by atoms with van der Waals surface area (Å²) in [5.41, 5.74) is 2.35. The van der Waals surface area contributed by atoms with Crippen LogP contribution in [0.3, 0.4) is 0 Å². The Morgan fingerprint density at radius 2 is 2.14 bits per heavy atom. The first kappa shape index (κ1) is 9.87. The van der Waals surface area contributed by atoms with Gasteiger partial charge in [0.05, 0.1) is 16.0 Å². The normalized spacial score (nSPS) is 30.4. The Balaban J connectivity index is 2.61. The molecule has 0 spiro atoms. The number of benzene rings is 1. The number of aryl methyl sites for hydroxylation is 1. The van der Waals surface area contributed by atoms with Gasteiger partial charge in [-0.3, -0.25) is 4.21 Å². The summed E-state index contributed by atoms with van der Waals surface area (Å²) in [6.45, 7) is 4.07. The second-order valence-electron chi connectivity index (χ2n) is 3.76. The number of fused-ring (bicyclic) bond motifs is 1. The summed E-state index contributed by atoms with van der Waals surface area (Å²) in [6.07, 6.45) is 0. The van der Waals surface area contributed by atoms with Crippen molar-refractivity contribution in [3.8, 4) is 0 Å². The van der Waals surface area contributed by atoms with Gasteiger partial charge < -0.3 is 5.32 Å². The van der Waals surface area contributed by atoms with Crippen molar-refractivity contribution in [1.29, 1.82) is 0 Å². The third-order valence-corrected chi connectivity index (χ3v) is 4.80. The number of nitrogens with one attached hydrogen (secondary N) is 1. The molecule has 2 rings (SSSR count). The van der Waals surface area contributed by atoms with Crippen molar-refractivity contribution in [2.24, 2.45) is 0 Å². The van der Waals surface area contributed by atoms with Crippen LogP contribution >= 0.6 is 0 Å². The predicted octanol–water partition coefficient (Wildman–Crippen LogP) is 1.77. The van der Waals surface area contributed by atoms with Crippen molar-refractivity contribution in [1.82, 2.24) is 5.32 Å². The molecule has 0 saturated carbocycles. The van der Waals surface area contributed by atoms with Crippen LogP contribution in [0, 0.1) is 6.92 Å². The second-order valence-corrected chi connectivity index (χ2v) is 5.51. The van der Waals surface area contributed by atoms with Crippen LogP contribution in [-0.4, -0.2) is 16.5 Å².